The predicted octanol–water partition coefficient (Wildman–Crippen LogP) is 4.26. The first-order chi connectivity index (χ1) is 9.60. The number of nitrogens with one attached hydrogen (secondary N) is 1. The lowest BCUT2D eigenvalue weighted by Crippen LogP contribution is -2.22. The summed E-state index contributed by atoms with van der Waals surface area (Å²) in [6.07, 6.45) is 0. The van der Waals surface area contributed by atoms with Gasteiger partial charge in [0.1, 0.15) is 5.82 Å². The van der Waals surface area contributed by atoms with Crippen LogP contribution in [0.5, 0.6) is 0 Å². The highest BCUT2D eigenvalue weighted by Crippen LogP contribution is 2.16. The second-order valence-electron chi connectivity index (χ2n) is 4.26. The topological polar surface area (TPSA) is 29.1 Å². The molecule has 0 atom stereocenters. The minimum absolute atomic E-state index is 0.295. The average molecular weight is 357 g/mol. The van der Waals surface area contributed by atoms with E-state index in [-0.39, 0.29) is 5.91 Å². The van der Waals surface area contributed by atoms with Gasteiger partial charge in [-0.15, -0.1) is 11.6 Å². The molecule has 2 nitrogen and oxygen atoms in total. The van der Waals surface area contributed by atoms with Crippen molar-refractivity contribution in [1.29, 1.82) is 0 Å². The van der Waals surface area contributed by atoms with Gasteiger partial charge in [-0.2, -0.15) is 0 Å². The van der Waals surface area contributed by atoms with Gasteiger partial charge in [-0.05, 0) is 45.3 Å². The van der Waals surface area contributed by atoms with E-state index in [2.05, 4.69) is 21.2 Å². The monoisotopic (exact) mass is 355 g/mol. The Bertz CT molecular complexity index is 616. The van der Waals surface area contributed by atoms with E-state index in [1.54, 1.807) is 6.07 Å². The lowest BCUT2D eigenvalue weighted by Gasteiger charge is -2.06. The van der Waals surface area contributed by atoms with E-state index in [1.165, 1.54) is 12.1 Å². The Morgan fingerprint density at radius 3 is 2.40 bits per heavy atom. The molecule has 2 aromatic rings. The van der Waals surface area contributed by atoms with Crippen molar-refractivity contribution >= 4 is 33.4 Å². The molecule has 0 heterocycles. The van der Waals surface area contributed by atoms with Crippen molar-refractivity contribution in [1.82, 2.24) is 5.32 Å². The van der Waals surface area contributed by atoms with Crippen molar-refractivity contribution in [2.24, 2.45) is 0 Å². The van der Waals surface area contributed by atoms with Crippen molar-refractivity contribution in [3.05, 3.63) is 69.4 Å². The smallest absolute Gasteiger partial charge is 0.251 e. The molecule has 0 spiro atoms. The van der Waals surface area contributed by atoms with E-state index < -0.39 is 5.82 Å². The number of rotatable bonds is 4. The Balaban J connectivity index is 1.98. The maximum absolute atomic E-state index is 13.3. The van der Waals surface area contributed by atoms with E-state index in [4.69, 9.17) is 11.6 Å². The molecule has 2 aromatic carbocycles. The Morgan fingerprint density at radius 2 is 1.80 bits per heavy atom. The molecule has 0 bridgehead atoms. The van der Waals surface area contributed by atoms with Crippen LogP contribution in [-0.4, -0.2) is 5.91 Å². The third-order valence-corrected chi connectivity index (χ3v) is 3.76. The van der Waals surface area contributed by atoms with E-state index >= 15 is 0 Å². The summed E-state index contributed by atoms with van der Waals surface area (Å²) in [6.45, 7) is 0.388. The van der Waals surface area contributed by atoms with E-state index in [0.717, 1.165) is 11.1 Å². The molecule has 0 aliphatic heterocycles. The van der Waals surface area contributed by atoms with Gasteiger partial charge in [-0.25, -0.2) is 4.39 Å². The van der Waals surface area contributed by atoms with Gasteiger partial charge in [0.15, 0.2) is 0 Å². The van der Waals surface area contributed by atoms with Crippen molar-refractivity contribution in [3.8, 4) is 0 Å². The van der Waals surface area contributed by atoms with Crippen LogP contribution in [0.2, 0.25) is 0 Å². The van der Waals surface area contributed by atoms with E-state index in [9.17, 15) is 9.18 Å². The predicted molar refractivity (Wildman–Crippen MR) is 81.3 cm³/mol. The van der Waals surface area contributed by atoms with Crippen LogP contribution in [0.3, 0.4) is 0 Å². The van der Waals surface area contributed by atoms with Gasteiger partial charge in [0.25, 0.3) is 5.91 Å². The fraction of sp³-hybridized carbons (Fsp3) is 0.133. The van der Waals surface area contributed by atoms with Crippen LogP contribution >= 0.6 is 27.5 Å². The molecule has 5 heteroatoms. The number of benzene rings is 2. The van der Waals surface area contributed by atoms with E-state index in [0.29, 0.717) is 22.5 Å². The molecule has 0 saturated carbocycles. The molecular weight excluding hydrogens is 345 g/mol. The number of carbonyl (C=O) groups excluding carboxylic acids is 1. The van der Waals surface area contributed by atoms with Crippen molar-refractivity contribution in [2.75, 3.05) is 0 Å². The van der Waals surface area contributed by atoms with Gasteiger partial charge < -0.3 is 5.32 Å². The number of alkyl halides is 1. The zero-order valence-corrected chi connectivity index (χ0v) is 12.8. The highest BCUT2D eigenvalue weighted by molar-refractivity contribution is 9.10. The quantitative estimate of drug-likeness (QED) is 0.815. The molecule has 0 unspecified atom stereocenters. The van der Waals surface area contributed by atoms with Crippen molar-refractivity contribution < 1.29 is 9.18 Å². The number of halogens is 3. The standard InChI is InChI=1S/C15H12BrClFNO/c16-13-6-5-12(7-14(13)18)15(20)19-9-11-3-1-10(8-17)2-4-11/h1-7H,8-9H2,(H,19,20). The zero-order chi connectivity index (χ0) is 14.5. The van der Waals surface area contributed by atoms with Crippen LogP contribution in [0.25, 0.3) is 0 Å². The minimum atomic E-state index is -0.455. The summed E-state index contributed by atoms with van der Waals surface area (Å²) in [4.78, 5) is 11.9. The van der Waals surface area contributed by atoms with Crippen LogP contribution in [0.1, 0.15) is 21.5 Å². The fourth-order valence-electron chi connectivity index (χ4n) is 1.67. The third-order valence-electron chi connectivity index (χ3n) is 2.81. The van der Waals surface area contributed by atoms with E-state index in [1.807, 2.05) is 24.3 Å². The first-order valence-corrected chi connectivity index (χ1v) is 7.30. The second-order valence-corrected chi connectivity index (χ2v) is 5.38. The lowest BCUT2D eigenvalue weighted by molar-refractivity contribution is 0.0950. The lowest BCUT2D eigenvalue weighted by atomic mass is 10.1. The number of amides is 1. The van der Waals surface area contributed by atoms with Crippen molar-refractivity contribution in [2.45, 2.75) is 12.4 Å². The molecule has 104 valence electrons. The van der Waals surface area contributed by atoms with Gasteiger partial charge in [0, 0.05) is 18.0 Å². The Hall–Kier alpha value is -1.39. The van der Waals surface area contributed by atoms with Crippen molar-refractivity contribution in [3.63, 3.8) is 0 Å². The Morgan fingerprint density at radius 1 is 1.15 bits per heavy atom. The fourth-order valence-corrected chi connectivity index (χ4v) is 2.09. The first kappa shape index (κ1) is 15.0. The van der Waals surface area contributed by atoms with Crippen LogP contribution in [-0.2, 0) is 12.4 Å². The average Bonchev–Trinajstić information content (AvgIpc) is 2.48. The highest BCUT2D eigenvalue weighted by Gasteiger charge is 2.08. The number of hydrogen-bond donors (Lipinski definition) is 1. The van der Waals surface area contributed by atoms with Crippen LogP contribution in [0.4, 0.5) is 4.39 Å². The third kappa shape index (κ3) is 3.81. The highest BCUT2D eigenvalue weighted by atomic mass is 79.9. The number of hydrogen-bond acceptors (Lipinski definition) is 1. The van der Waals surface area contributed by atoms with Gasteiger partial charge in [0.05, 0.1) is 4.47 Å². The maximum Gasteiger partial charge on any atom is 0.251 e. The molecular formula is C15H12BrClFNO. The summed E-state index contributed by atoms with van der Waals surface area (Å²) in [7, 11) is 0. The summed E-state index contributed by atoms with van der Waals surface area (Å²) in [5, 5.41) is 2.75. The second kappa shape index (κ2) is 6.86. The Labute approximate surface area is 130 Å². The molecule has 0 aliphatic carbocycles. The van der Waals surface area contributed by atoms with Crippen LogP contribution in [0.15, 0.2) is 46.9 Å². The Kier molecular flexibility index (Phi) is 5.15. The normalized spacial score (nSPS) is 10.3. The SMILES string of the molecule is O=C(NCc1ccc(CCl)cc1)c1ccc(Br)c(F)c1. The summed E-state index contributed by atoms with van der Waals surface area (Å²) in [5.74, 6) is -0.299. The van der Waals surface area contributed by atoms with Gasteiger partial charge in [-0.1, -0.05) is 24.3 Å². The van der Waals surface area contributed by atoms with Crippen LogP contribution < -0.4 is 5.32 Å². The zero-order valence-electron chi connectivity index (χ0n) is 10.5. The molecule has 0 fully saturated rings. The minimum Gasteiger partial charge on any atom is -0.348 e. The maximum atomic E-state index is 13.3. The molecule has 0 saturated heterocycles. The molecule has 2 rings (SSSR count). The largest absolute Gasteiger partial charge is 0.348 e. The molecule has 0 aromatic heterocycles. The molecule has 1 amide bonds. The van der Waals surface area contributed by atoms with Crippen LogP contribution in [0, 0.1) is 5.82 Å². The summed E-state index contributed by atoms with van der Waals surface area (Å²) >= 11 is 8.76. The van der Waals surface area contributed by atoms with Gasteiger partial charge in [0.2, 0.25) is 0 Å². The first-order valence-electron chi connectivity index (χ1n) is 5.97. The number of carbonyl (C=O) groups is 1. The molecule has 20 heavy (non-hydrogen) atoms. The summed E-state index contributed by atoms with van der Waals surface area (Å²) < 4.78 is 13.7. The summed E-state index contributed by atoms with van der Waals surface area (Å²) in [6, 6.07) is 11.9. The molecule has 0 aliphatic rings. The van der Waals surface area contributed by atoms with Gasteiger partial charge >= 0.3 is 0 Å². The molecule has 0 radical (unpaired) electrons. The molecule has 1 N–H and O–H groups in total. The summed E-state index contributed by atoms with van der Waals surface area (Å²) in [5.41, 5.74) is 2.28. The van der Waals surface area contributed by atoms with Gasteiger partial charge in [-0.3, -0.25) is 4.79 Å².